The Labute approximate surface area is 903 Å². The Kier molecular flexibility index (Phi) is 42.0. The van der Waals surface area contributed by atoms with Crippen LogP contribution in [0.2, 0.25) is 0 Å². The zero-order valence-corrected chi connectivity index (χ0v) is 96.7. The van der Waals surface area contributed by atoms with Gasteiger partial charge in [0, 0.05) is 162 Å². The first kappa shape index (κ1) is 120. The number of likely N-dealkylation sites (N-methyl/N-ethyl adjacent to an activating group) is 1. The zero-order valence-electron chi connectivity index (χ0n) is 96.0. The molecule has 8 heterocycles. The fourth-order valence-corrected chi connectivity index (χ4v) is 22.3. The molecular weight excluding hydrogens is 1900 g/mol. The van der Waals surface area contributed by atoms with E-state index in [4.69, 9.17) is 35.4 Å². The molecule has 824 valence electrons. The minimum Gasteiger partial charge on any atom is -0.444 e. The fraction of sp³-hybridized carbons (Fsp3) is 0.686. The number of carbonyl (C=O) groups excluding carboxylic acids is 6. The summed E-state index contributed by atoms with van der Waals surface area (Å²) in [5.41, 5.74) is 20.0. The Balaban J connectivity index is 0.000000187. The molecule has 0 radical (unpaired) electrons. The number of rotatable bonds is 33. The summed E-state index contributed by atoms with van der Waals surface area (Å²) in [6.07, 6.45) is 26.4. The van der Waals surface area contributed by atoms with Crippen LogP contribution in [0.25, 0.3) is 0 Å². The van der Waals surface area contributed by atoms with Crippen LogP contribution in [0.5, 0.6) is 0 Å². The van der Waals surface area contributed by atoms with Crippen LogP contribution in [0.1, 0.15) is 422 Å². The average Bonchev–Trinajstić information content (AvgIpc) is 1.64. The highest BCUT2D eigenvalue weighted by molar-refractivity contribution is 6.13. The number of nitrogens with one attached hydrogen (secondary N) is 1. The summed E-state index contributed by atoms with van der Waals surface area (Å²) < 4.78 is 23.6. The van der Waals surface area contributed by atoms with Crippen molar-refractivity contribution in [3.63, 3.8) is 0 Å². The summed E-state index contributed by atoms with van der Waals surface area (Å²) in [7, 11) is 4.30. The van der Waals surface area contributed by atoms with E-state index in [2.05, 4.69) is 301 Å². The average molecular weight is 2080 g/mol. The molecule has 0 spiro atoms. The number of likely N-dealkylation sites (tertiary alicyclic amines) is 4. The third kappa shape index (κ3) is 35.6. The maximum atomic E-state index is 14.0. The second-order valence-electron chi connectivity index (χ2n) is 51.9. The van der Waals surface area contributed by atoms with Crippen molar-refractivity contribution in [3.05, 3.63) is 186 Å². The van der Waals surface area contributed by atoms with Crippen LogP contribution in [0.3, 0.4) is 0 Å². The van der Waals surface area contributed by atoms with E-state index in [-0.39, 0.29) is 89.4 Å². The van der Waals surface area contributed by atoms with Crippen LogP contribution in [-0.4, -0.2) is 192 Å². The normalized spacial score (nSPS) is 20.5. The Bertz CT molecular complexity index is 5880. The Hall–Kier alpha value is -9.93. The van der Waals surface area contributed by atoms with E-state index in [9.17, 15) is 28.8 Å². The first-order valence-electron chi connectivity index (χ1n) is 55.9. The molecular formula is C121H185ClN20O8. The van der Waals surface area contributed by atoms with E-state index in [0.717, 1.165) is 209 Å². The second-order valence-corrected chi connectivity index (χ2v) is 52.1. The van der Waals surface area contributed by atoms with E-state index in [1.807, 2.05) is 41.5 Å². The molecule has 0 bridgehead atoms. The number of hydrogen-bond donors (Lipinski definition) is 1. The van der Waals surface area contributed by atoms with Gasteiger partial charge in [-0.3, -0.25) is 19.2 Å². The maximum absolute atomic E-state index is 14.0. The van der Waals surface area contributed by atoms with Gasteiger partial charge >= 0.3 is 12.2 Å². The number of carbonyl (C=O) groups is 6. The predicted octanol–water partition coefficient (Wildman–Crippen LogP) is 26.6. The number of benzene rings is 4. The minimum absolute atomic E-state index is 0. The van der Waals surface area contributed by atoms with Crippen molar-refractivity contribution in [3.8, 4) is 0 Å². The van der Waals surface area contributed by atoms with Crippen molar-refractivity contribution in [1.29, 1.82) is 5.53 Å². The molecule has 1 N–H and O–H groups in total. The molecule has 4 aliphatic heterocycles. The SMILES string of the molecule is C.Cc1ccc(CC(=O)[C@H]2CCN(C(=O)OC(C)(C)C)C[C@@H]2c2nnc(CCCC(C)(C)C)n2C2CC2)c(C)c1.Cc1ccc(CC(=O)[C@H]2CCN(C)C[C@@H]2c2nnc(CCCC(C)(C)C)n2C2CC2)c(C)c1.Cc1ccc(CC(=O)[C@H]2CN(C(=O)OC(C)(C)C)CC[C@@H]2c2nnc(CCCC(C)(C)C)n2C2CC2)c(C)c1.Cc1ccc(CC(=O)[C@H]2CN(C)CC[C@@H]2c2nnc(CCCC(C)(C)C)n2C2CC2)c(C)c1.N=NN=NCl. The molecule has 29 heteroatoms. The van der Waals surface area contributed by atoms with Crippen molar-refractivity contribution in [1.82, 2.24) is 78.7 Å². The third-order valence-electron chi connectivity index (χ3n) is 30.8. The molecule has 4 aromatic heterocycles. The van der Waals surface area contributed by atoms with E-state index < -0.39 is 11.2 Å². The van der Waals surface area contributed by atoms with Gasteiger partial charge in [0.25, 0.3) is 0 Å². The lowest BCUT2D eigenvalue weighted by Crippen LogP contribution is -2.48. The van der Waals surface area contributed by atoms with E-state index in [1.54, 1.807) is 9.80 Å². The summed E-state index contributed by atoms with van der Waals surface area (Å²) in [6, 6.07) is 27.3. The Morgan fingerprint density at radius 1 is 0.340 bits per heavy atom. The largest absolute Gasteiger partial charge is 0.444 e. The van der Waals surface area contributed by atoms with Crippen LogP contribution in [0.15, 0.2) is 87.9 Å². The van der Waals surface area contributed by atoms with Gasteiger partial charge in [-0.1, -0.05) is 190 Å². The highest BCUT2D eigenvalue weighted by Crippen LogP contribution is 2.48. The first-order chi connectivity index (χ1) is 70.1. The van der Waals surface area contributed by atoms with Crippen molar-refractivity contribution in [2.75, 3.05) is 66.5 Å². The highest BCUT2D eigenvalue weighted by Gasteiger charge is 2.48. The lowest BCUT2D eigenvalue weighted by molar-refractivity contribution is -0.125. The van der Waals surface area contributed by atoms with Crippen LogP contribution >= 0.6 is 11.8 Å². The summed E-state index contributed by atoms with van der Waals surface area (Å²) >= 11 is 4.55. The van der Waals surface area contributed by atoms with Gasteiger partial charge in [-0.25, -0.2) is 9.59 Å². The predicted molar refractivity (Wildman–Crippen MR) is 598 cm³/mol. The first-order valence-corrected chi connectivity index (χ1v) is 56.2. The number of nitrogens with zero attached hydrogens (tertiary/aromatic N) is 19. The molecule has 4 aliphatic carbocycles. The van der Waals surface area contributed by atoms with E-state index in [0.29, 0.717) is 111 Å². The quantitative estimate of drug-likeness (QED) is 0.0295. The number of piperidine rings is 4. The monoisotopic (exact) mass is 2080 g/mol. The number of ketones is 4. The van der Waals surface area contributed by atoms with Gasteiger partial charge in [0.1, 0.15) is 80.9 Å². The zero-order chi connectivity index (χ0) is 109. The van der Waals surface area contributed by atoms with Gasteiger partial charge < -0.3 is 47.3 Å². The molecule has 16 rings (SSSR count). The minimum atomic E-state index is -0.583. The Morgan fingerprint density at radius 3 is 0.880 bits per heavy atom. The number of aryl methyl sites for hydroxylation is 12. The van der Waals surface area contributed by atoms with E-state index >= 15 is 0 Å². The lowest BCUT2D eigenvalue weighted by atomic mass is 9.79. The van der Waals surface area contributed by atoms with Crippen LogP contribution in [-0.2, 0) is 80.0 Å². The Morgan fingerprint density at radius 2 is 0.600 bits per heavy atom. The number of Topliss-reactive ketones (excluding diaryl/α,β-unsaturated/α-hetero) is 4. The van der Waals surface area contributed by atoms with Gasteiger partial charge in [0.15, 0.2) is 0 Å². The number of amides is 2. The van der Waals surface area contributed by atoms with Gasteiger partial charge in [-0.15, -0.1) is 40.8 Å². The van der Waals surface area contributed by atoms with Crippen molar-refractivity contribution in [2.45, 2.75) is 426 Å². The van der Waals surface area contributed by atoms with E-state index in [1.165, 1.54) is 71.9 Å². The second kappa shape index (κ2) is 52.3. The molecule has 8 aliphatic rings. The lowest BCUT2D eigenvalue weighted by Gasteiger charge is -2.38. The van der Waals surface area contributed by atoms with Crippen LogP contribution in [0, 0.1) is 106 Å². The van der Waals surface area contributed by atoms with Gasteiger partial charge in [0.2, 0.25) is 0 Å². The van der Waals surface area contributed by atoms with Crippen LogP contribution in [0.4, 0.5) is 9.59 Å². The summed E-state index contributed by atoms with van der Waals surface area (Å²) in [4.78, 5) is 89.4. The van der Waals surface area contributed by atoms with Crippen molar-refractivity contribution < 1.29 is 38.2 Å². The fourth-order valence-electron chi connectivity index (χ4n) is 22.2. The number of aromatic nitrogens is 12. The smallest absolute Gasteiger partial charge is 0.410 e. The third-order valence-corrected chi connectivity index (χ3v) is 30.9. The summed E-state index contributed by atoms with van der Waals surface area (Å²) in [6.45, 7) is 60.9. The standard InChI is InChI=1S/2C32H48N4O3.2C28H42N4O.CH4.ClHN4/c1-21-11-12-23(22(2)18-21)19-27(37)26-20-35(30(38)39-32(6,7)8)17-15-25(26)29-34-33-28(36(29)24-13-14-24)10-9-16-31(3,4)5;1-21-11-12-23(22(2)18-21)19-27(37)25-15-17-35(30(38)39-32(6,7)8)20-26(25)29-34-33-28(36(29)24-13-14-24)10-9-16-31(3,4)5;1-19-9-10-21(20(2)16-19)17-25(33)24-18-31(6)15-13-23(24)27-30-29-26(32(27)22-11-12-22)8-7-14-28(3,4)5;1-19-9-10-21(20(2)16-19)17-25(33)23-13-15-31(6)18-24(23)27-30-29-26(32(27)22-11-12-22)8-7-14-28(3,4)5;;1-3-5-4-2/h2*11-12,18,24-26H,9-10,13-17,19-20H2,1-8H3;2*9-10,16,22-24H,7-8,11-15,17-18H2,1-6H3;1H4;2H/t2*25-,26-;2*23-,24-;;/m0000../s1. The molecule has 8 atom stereocenters. The number of halogens is 1. The molecule has 28 nitrogen and oxygen atoms in total. The summed E-state index contributed by atoms with van der Waals surface area (Å²) in [5, 5.41) is 42.8. The topological polar surface area (TPSA) is 318 Å². The van der Waals surface area contributed by atoms with Gasteiger partial charge in [0.05, 0.1) is 11.8 Å². The number of ether oxygens (including phenoxy) is 2. The number of hydrogen-bond acceptors (Lipinski definition) is 20. The van der Waals surface area contributed by atoms with Crippen LogP contribution < -0.4 is 0 Å². The molecule has 2 amide bonds. The highest BCUT2D eigenvalue weighted by atomic mass is 35.5. The molecule has 4 saturated carbocycles. The van der Waals surface area contributed by atoms with Crippen molar-refractivity contribution >= 4 is 47.1 Å². The summed E-state index contributed by atoms with van der Waals surface area (Å²) in [5.74, 6) is 8.83. The van der Waals surface area contributed by atoms with Gasteiger partial charge in [-0.05, 0) is 329 Å². The molecule has 4 saturated heterocycles. The van der Waals surface area contributed by atoms with Gasteiger partial charge in [-0.2, -0.15) is 5.53 Å². The van der Waals surface area contributed by atoms with Crippen molar-refractivity contribution in [2.24, 2.45) is 60.4 Å². The molecule has 4 aromatic carbocycles. The molecule has 0 unspecified atom stereocenters. The maximum Gasteiger partial charge on any atom is 0.410 e. The molecule has 8 fully saturated rings. The molecule has 8 aromatic rings. The molecule has 150 heavy (non-hydrogen) atoms.